The minimum absolute atomic E-state index is 0.0442. The Bertz CT molecular complexity index is 470. The third-order valence-corrected chi connectivity index (χ3v) is 2.50. The van der Waals surface area contributed by atoms with E-state index in [2.05, 4.69) is 10.3 Å². The number of aromatic nitrogens is 1. The predicted octanol–water partition coefficient (Wildman–Crippen LogP) is 3.61. The number of pyridine rings is 1. The van der Waals surface area contributed by atoms with Gasteiger partial charge in [0.25, 0.3) is 5.92 Å². The molecule has 112 valence electrons. The van der Waals surface area contributed by atoms with E-state index in [9.17, 15) is 13.6 Å². The minimum atomic E-state index is -2.89. The molecule has 0 spiro atoms. The molecule has 0 saturated carbocycles. The van der Waals surface area contributed by atoms with Gasteiger partial charge in [0.15, 0.2) is 0 Å². The average molecular weight is 286 g/mol. The van der Waals surface area contributed by atoms with E-state index in [0.29, 0.717) is 5.69 Å². The van der Waals surface area contributed by atoms with E-state index in [0.717, 1.165) is 0 Å². The van der Waals surface area contributed by atoms with E-state index < -0.39 is 17.6 Å². The molecule has 0 aliphatic rings. The highest BCUT2D eigenvalue weighted by atomic mass is 19.3. The molecule has 0 bridgehead atoms. The number of ether oxygens (including phenoxy) is 1. The number of nitrogens with one attached hydrogen (secondary N) is 1. The SMILES string of the molecule is CCC(F)(F)c1ccnc(CNC(=O)OC(C)(C)C)c1. The monoisotopic (exact) mass is 286 g/mol. The Morgan fingerprint density at radius 2 is 2.05 bits per heavy atom. The first kappa shape index (κ1) is 16.3. The Hall–Kier alpha value is -1.72. The Balaban J connectivity index is 2.66. The number of alkyl halides is 2. The average Bonchev–Trinajstić information content (AvgIpc) is 2.35. The van der Waals surface area contributed by atoms with Gasteiger partial charge in [-0.1, -0.05) is 6.92 Å². The van der Waals surface area contributed by atoms with E-state index in [1.54, 1.807) is 20.8 Å². The number of amides is 1. The van der Waals surface area contributed by atoms with Gasteiger partial charge in [0, 0.05) is 18.2 Å². The third-order valence-electron chi connectivity index (χ3n) is 2.50. The molecule has 0 atom stereocenters. The van der Waals surface area contributed by atoms with Gasteiger partial charge in [0.2, 0.25) is 0 Å². The zero-order chi connectivity index (χ0) is 15.4. The van der Waals surface area contributed by atoms with Crippen molar-refractivity contribution in [1.29, 1.82) is 0 Å². The van der Waals surface area contributed by atoms with Gasteiger partial charge in [-0.2, -0.15) is 0 Å². The lowest BCUT2D eigenvalue weighted by Crippen LogP contribution is -2.32. The van der Waals surface area contributed by atoms with Crippen LogP contribution < -0.4 is 5.32 Å². The van der Waals surface area contributed by atoms with Crippen LogP contribution in [0.4, 0.5) is 13.6 Å². The summed E-state index contributed by atoms with van der Waals surface area (Å²) in [5, 5.41) is 2.48. The van der Waals surface area contributed by atoms with Crippen LogP contribution in [0.5, 0.6) is 0 Å². The Labute approximate surface area is 117 Å². The zero-order valence-corrected chi connectivity index (χ0v) is 12.2. The lowest BCUT2D eigenvalue weighted by atomic mass is 10.1. The van der Waals surface area contributed by atoms with Crippen LogP contribution in [0.1, 0.15) is 45.4 Å². The van der Waals surface area contributed by atoms with Crippen LogP contribution in [-0.2, 0) is 17.2 Å². The summed E-state index contributed by atoms with van der Waals surface area (Å²) in [7, 11) is 0. The smallest absolute Gasteiger partial charge is 0.407 e. The Kier molecular flexibility index (Phi) is 5.03. The molecule has 20 heavy (non-hydrogen) atoms. The number of carbonyl (C=O) groups is 1. The fourth-order valence-corrected chi connectivity index (χ4v) is 1.48. The highest BCUT2D eigenvalue weighted by molar-refractivity contribution is 5.67. The number of halogens is 2. The van der Waals surface area contributed by atoms with E-state index in [4.69, 9.17) is 4.74 Å². The van der Waals surface area contributed by atoms with Gasteiger partial charge in [0.1, 0.15) is 5.60 Å². The summed E-state index contributed by atoms with van der Waals surface area (Å²) < 4.78 is 32.1. The second kappa shape index (κ2) is 6.15. The van der Waals surface area contributed by atoms with Crippen LogP contribution >= 0.6 is 0 Å². The first-order valence-corrected chi connectivity index (χ1v) is 6.44. The van der Waals surface area contributed by atoms with E-state index in [1.165, 1.54) is 25.3 Å². The van der Waals surface area contributed by atoms with Crippen molar-refractivity contribution in [3.63, 3.8) is 0 Å². The standard InChI is InChI=1S/C14H20F2N2O2/c1-5-14(15,16)10-6-7-17-11(8-10)9-18-12(19)20-13(2,3)4/h6-8H,5,9H2,1-4H3,(H,18,19). The molecule has 0 unspecified atom stereocenters. The van der Waals surface area contributed by atoms with Crippen molar-refractivity contribution in [2.24, 2.45) is 0 Å². The topological polar surface area (TPSA) is 51.2 Å². The van der Waals surface area contributed by atoms with Crippen molar-refractivity contribution in [3.05, 3.63) is 29.6 Å². The quantitative estimate of drug-likeness (QED) is 0.920. The molecule has 1 heterocycles. The van der Waals surface area contributed by atoms with Crippen molar-refractivity contribution < 1.29 is 18.3 Å². The van der Waals surface area contributed by atoms with E-state index >= 15 is 0 Å². The molecule has 0 aromatic carbocycles. The van der Waals surface area contributed by atoms with Crippen LogP contribution in [0.15, 0.2) is 18.3 Å². The first-order valence-electron chi connectivity index (χ1n) is 6.44. The summed E-state index contributed by atoms with van der Waals surface area (Å²) in [6.45, 7) is 6.69. The molecule has 1 amide bonds. The van der Waals surface area contributed by atoms with Crippen molar-refractivity contribution in [2.75, 3.05) is 0 Å². The van der Waals surface area contributed by atoms with Crippen LogP contribution in [0, 0.1) is 0 Å². The fraction of sp³-hybridized carbons (Fsp3) is 0.571. The zero-order valence-electron chi connectivity index (χ0n) is 12.2. The molecule has 0 aliphatic carbocycles. The van der Waals surface area contributed by atoms with Crippen molar-refractivity contribution >= 4 is 6.09 Å². The molecular weight excluding hydrogens is 266 g/mol. The van der Waals surface area contributed by atoms with Gasteiger partial charge in [-0.05, 0) is 32.9 Å². The summed E-state index contributed by atoms with van der Waals surface area (Å²) in [6, 6.07) is 2.57. The second-order valence-electron chi connectivity index (χ2n) is 5.45. The largest absolute Gasteiger partial charge is 0.444 e. The van der Waals surface area contributed by atoms with E-state index in [1.807, 2.05) is 0 Å². The number of carbonyl (C=O) groups excluding carboxylic acids is 1. The number of rotatable bonds is 4. The predicted molar refractivity (Wildman–Crippen MR) is 71.5 cm³/mol. The summed E-state index contributed by atoms with van der Waals surface area (Å²) in [5.41, 5.74) is -0.341. The van der Waals surface area contributed by atoms with Gasteiger partial charge >= 0.3 is 6.09 Å². The molecular formula is C14H20F2N2O2. The summed E-state index contributed by atoms with van der Waals surface area (Å²) >= 11 is 0. The third kappa shape index (κ3) is 5.11. The molecule has 6 heteroatoms. The van der Waals surface area contributed by atoms with Crippen LogP contribution in [0.3, 0.4) is 0 Å². The lowest BCUT2D eigenvalue weighted by molar-refractivity contribution is -0.00845. The van der Waals surface area contributed by atoms with Crippen molar-refractivity contribution in [3.8, 4) is 0 Å². The van der Waals surface area contributed by atoms with Gasteiger partial charge in [-0.3, -0.25) is 4.98 Å². The lowest BCUT2D eigenvalue weighted by Gasteiger charge is -2.19. The maximum Gasteiger partial charge on any atom is 0.407 e. The van der Waals surface area contributed by atoms with Crippen LogP contribution in [-0.4, -0.2) is 16.7 Å². The van der Waals surface area contributed by atoms with Crippen LogP contribution in [0.25, 0.3) is 0 Å². The van der Waals surface area contributed by atoms with Gasteiger partial charge in [-0.25, -0.2) is 13.6 Å². The number of hydrogen-bond acceptors (Lipinski definition) is 3. The molecule has 4 nitrogen and oxygen atoms in total. The molecule has 1 N–H and O–H groups in total. The maximum absolute atomic E-state index is 13.5. The number of hydrogen-bond donors (Lipinski definition) is 1. The number of alkyl carbamates (subject to hydrolysis) is 1. The van der Waals surface area contributed by atoms with Gasteiger partial charge in [-0.15, -0.1) is 0 Å². The normalized spacial score (nSPS) is 12.1. The van der Waals surface area contributed by atoms with Crippen LogP contribution in [0.2, 0.25) is 0 Å². The summed E-state index contributed by atoms with van der Waals surface area (Å²) in [4.78, 5) is 15.4. The molecule has 0 fully saturated rings. The van der Waals surface area contributed by atoms with Crippen molar-refractivity contribution in [2.45, 2.75) is 52.2 Å². The molecule has 0 saturated heterocycles. The van der Waals surface area contributed by atoms with Crippen molar-refractivity contribution in [1.82, 2.24) is 10.3 Å². The minimum Gasteiger partial charge on any atom is -0.444 e. The molecule has 1 aromatic heterocycles. The van der Waals surface area contributed by atoms with E-state index in [-0.39, 0.29) is 18.5 Å². The first-order chi connectivity index (χ1) is 9.14. The Morgan fingerprint density at radius 1 is 1.40 bits per heavy atom. The summed E-state index contributed by atoms with van der Waals surface area (Å²) in [6.07, 6.45) is 0.424. The number of nitrogens with zero attached hydrogens (tertiary/aromatic N) is 1. The summed E-state index contributed by atoms with van der Waals surface area (Å²) in [5.74, 6) is -2.89. The fourth-order valence-electron chi connectivity index (χ4n) is 1.48. The highest BCUT2D eigenvalue weighted by Gasteiger charge is 2.29. The Morgan fingerprint density at radius 3 is 2.60 bits per heavy atom. The molecule has 0 radical (unpaired) electrons. The van der Waals surface area contributed by atoms with Gasteiger partial charge in [0.05, 0.1) is 12.2 Å². The second-order valence-corrected chi connectivity index (χ2v) is 5.45. The maximum atomic E-state index is 13.5. The highest BCUT2D eigenvalue weighted by Crippen LogP contribution is 2.31. The van der Waals surface area contributed by atoms with Gasteiger partial charge < -0.3 is 10.1 Å². The molecule has 1 rings (SSSR count). The molecule has 1 aromatic rings. The molecule has 0 aliphatic heterocycles.